The first kappa shape index (κ1) is 11.6. The number of methoxy groups -OCH3 is 1. The van der Waals surface area contributed by atoms with Crippen molar-refractivity contribution in [1.82, 2.24) is 0 Å². The van der Waals surface area contributed by atoms with Crippen molar-refractivity contribution in [2.75, 3.05) is 12.4 Å². The molecule has 0 amide bonds. The van der Waals surface area contributed by atoms with Gasteiger partial charge < -0.3 is 10.1 Å². The largest absolute Gasteiger partial charge is 0.497 e. The van der Waals surface area contributed by atoms with Gasteiger partial charge in [0.25, 0.3) is 0 Å². The van der Waals surface area contributed by atoms with Crippen LogP contribution in [0, 0.1) is 11.8 Å². The molecule has 0 aromatic heterocycles. The summed E-state index contributed by atoms with van der Waals surface area (Å²) >= 11 is 0. The number of anilines is 1. The van der Waals surface area contributed by atoms with Crippen LogP contribution in [-0.4, -0.2) is 13.2 Å². The number of allylic oxidation sites excluding steroid dienone is 1. The van der Waals surface area contributed by atoms with Crippen LogP contribution in [0.3, 0.4) is 0 Å². The van der Waals surface area contributed by atoms with Gasteiger partial charge in [-0.05, 0) is 36.3 Å². The van der Waals surface area contributed by atoms with Gasteiger partial charge in [0.2, 0.25) is 0 Å². The van der Waals surface area contributed by atoms with Gasteiger partial charge in [0.05, 0.1) is 7.11 Å². The van der Waals surface area contributed by atoms with Crippen molar-refractivity contribution in [2.45, 2.75) is 31.7 Å². The van der Waals surface area contributed by atoms with Gasteiger partial charge in [-0.25, -0.2) is 0 Å². The van der Waals surface area contributed by atoms with Crippen LogP contribution in [0.4, 0.5) is 5.69 Å². The van der Waals surface area contributed by atoms with Crippen LogP contribution in [0.15, 0.2) is 30.9 Å². The van der Waals surface area contributed by atoms with Crippen molar-refractivity contribution in [1.29, 1.82) is 0 Å². The Hall–Kier alpha value is -1.44. The molecule has 3 rings (SSSR count). The van der Waals surface area contributed by atoms with Crippen molar-refractivity contribution >= 4 is 5.69 Å². The van der Waals surface area contributed by atoms with Gasteiger partial charge in [0.1, 0.15) is 5.75 Å². The summed E-state index contributed by atoms with van der Waals surface area (Å²) < 4.78 is 5.32. The summed E-state index contributed by atoms with van der Waals surface area (Å²) in [5, 5.41) is 3.72. The summed E-state index contributed by atoms with van der Waals surface area (Å²) in [6.07, 6.45) is 4.75. The SMILES string of the molecule is C=C[C@H]1c2ccc(OC)cc2N[C@@H]2[C@@H]1CC[C@H]2C. The molecule has 1 aromatic rings. The minimum Gasteiger partial charge on any atom is -0.497 e. The van der Waals surface area contributed by atoms with Crippen LogP contribution in [0.25, 0.3) is 0 Å². The van der Waals surface area contributed by atoms with Gasteiger partial charge in [-0.1, -0.05) is 19.1 Å². The Kier molecular flexibility index (Phi) is 2.81. The van der Waals surface area contributed by atoms with E-state index in [1.54, 1.807) is 7.11 Å². The van der Waals surface area contributed by atoms with Crippen molar-refractivity contribution in [3.8, 4) is 5.75 Å². The van der Waals surface area contributed by atoms with Gasteiger partial charge >= 0.3 is 0 Å². The Morgan fingerprint density at radius 3 is 2.94 bits per heavy atom. The normalized spacial score (nSPS) is 33.2. The molecule has 2 nitrogen and oxygen atoms in total. The lowest BCUT2D eigenvalue weighted by Crippen LogP contribution is -2.36. The van der Waals surface area contributed by atoms with Gasteiger partial charge in [-0.3, -0.25) is 0 Å². The van der Waals surface area contributed by atoms with E-state index in [2.05, 4.69) is 43.1 Å². The lowest BCUT2D eigenvalue weighted by atomic mass is 9.78. The number of nitrogens with one attached hydrogen (secondary N) is 1. The first-order valence-corrected chi connectivity index (χ1v) is 6.81. The lowest BCUT2D eigenvalue weighted by Gasteiger charge is -2.37. The fourth-order valence-electron chi connectivity index (χ4n) is 3.68. The number of hydrogen-bond donors (Lipinski definition) is 1. The second-order valence-corrected chi connectivity index (χ2v) is 5.60. The van der Waals surface area contributed by atoms with E-state index < -0.39 is 0 Å². The fourth-order valence-corrected chi connectivity index (χ4v) is 3.68. The van der Waals surface area contributed by atoms with E-state index in [-0.39, 0.29) is 0 Å². The average Bonchev–Trinajstić information content (AvgIpc) is 2.77. The topological polar surface area (TPSA) is 21.3 Å². The maximum absolute atomic E-state index is 5.32. The van der Waals surface area contributed by atoms with Crippen molar-refractivity contribution in [3.05, 3.63) is 36.4 Å². The standard InChI is InChI=1S/C16H21NO/c1-4-12-13-8-6-11(18-3)9-15(13)17-16-10(2)5-7-14(12)16/h4,6,8-10,12,14,16-17H,1,5,7H2,2-3H3/t10-,12+,14-,16+/m1/s1. The second kappa shape index (κ2) is 4.34. The van der Waals surface area contributed by atoms with Crippen LogP contribution in [0.5, 0.6) is 5.75 Å². The van der Waals surface area contributed by atoms with Crippen LogP contribution < -0.4 is 10.1 Å². The molecule has 0 saturated heterocycles. The van der Waals surface area contributed by atoms with Gasteiger partial charge in [-0.2, -0.15) is 0 Å². The molecule has 2 aliphatic rings. The van der Waals surface area contributed by atoms with Crippen LogP contribution >= 0.6 is 0 Å². The summed E-state index contributed by atoms with van der Waals surface area (Å²) in [5.41, 5.74) is 2.61. The van der Waals surface area contributed by atoms with E-state index in [4.69, 9.17) is 4.74 Å². The number of hydrogen-bond acceptors (Lipinski definition) is 2. The summed E-state index contributed by atoms with van der Waals surface area (Å²) in [6, 6.07) is 6.95. The molecule has 2 heteroatoms. The van der Waals surface area contributed by atoms with Crippen molar-refractivity contribution in [3.63, 3.8) is 0 Å². The van der Waals surface area contributed by atoms with Crippen LogP contribution in [-0.2, 0) is 0 Å². The molecular formula is C16H21NO. The van der Waals surface area contributed by atoms with E-state index in [0.717, 1.165) is 11.7 Å². The summed E-state index contributed by atoms with van der Waals surface area (Å²) in [4.78, 5) is 0. The van der Waals surface area contributed by atoms with E-state index in [0.29, 0.717) is 17.9 Å². The third-order valence-electron chi connectivity index (χ3n) is 4.69. The Morgan fingerprint density at radius 1 is 1.39 bits per heavy atom. The molecule has 1 saturated carbocycles. The molecule has 1 aliphatic carbocycles. The molecule has 0 spiro atoms. The Balaban J connectivity index is 2.04. The third kappa shape index (κ3) is 1.63. The predicted octanol–water partition coefficient (Wildman–Crippen LogP) is 3.81. The number of rotatable bonds is 2. The summed E-state index contributed by atoms with van der Waals surface area (Å²) in [5.74, 6) is 2.87. The molecule has 1 heterocycles. The molecule has 0 bridgehead atoms. The van der Waals surface area contributed by atoms with E-state index >= 15 is 0 Å². The van der Waals surface area contributed by atoms with Crippen LogP contribution in [0.2, 0.25) is 0 Å². The summed E-state index contributed by atoms with van der Waals surface area (Å²) in [7, 11) is 1.72. The molecule has 0 unspecified atom stereocenters. The Morgan fingerprint density at radius 2 is 2.22 bits per heavy atom. The van der Waals surface area contributed by atoms with E-state index in [1.165, 1.54) is 24.1 Å². The Labute approximate surface area is 109 Å². The minimum atomic E-state index is 0.488. The summed E-state index contributed by atoms with van der Waals surface area (Å²) in [6.45, 7) is 6.40. The molecule has 1 aliphatic heterocycles. The maximum atomic E-state index is 5.32. The number of ether oxygens (including phenoxy) is 1. The molecule has 1 N–H and O–H groups in total. The minimum absolute atomic E-state index is 0.488. The fraction of sp³-hybridized carbons (Fsp3) is 0.500. The van der Waals surface area contributed by atoms with E-state index in [1.807, 2.05) is 0 Å². The molecular weight excluding hydrogens is 222 g/mol. The lowest BCUT2D eigenvalue weighted by molar-refractivity contribution is 0.402. The predicted molar refractivity (Wildman–Crippen MR) is 75.2 cm³/mol. The van der Waals surface area contributed by atoms with Gasteiger partial charge in [0, 0.05) is 23.7 Å². The zero-order valence-corrected chi connectivity index (χ0v) is 11.1. The zero-order valence-electron chi connectivity index (χ0n) is 11.1. The highest BCUT2D eigenvalue weighted by Gasteiger charge is 2.41. The highest BCUT2D eigenvalue weighted by molar-refractivity contribution is 5.61. The Bertz CT molecular complexity index is 468. The molecule has 0 radical (unpaired) electrons. The molecule has 4 atom stereocenters. The maximum Gasteiger partial charge on any atom is 0.120 e. The van der Waals surface area contributed by atoms with Crippen LogP contribution in [0.1, 0.15) is 31.2 Å². The second-order valence-electron chi connectivity index (χ2n) is 5.60. The molecule has 96 valence electrons. The number of benzene rings is 1. The highest BCUT2D eigenvalue weighted by Crippen LogP contribution is 2.48. The average molecular weight is 243 g/mol. The molecule has 1 aromatic carbocycles. The van der Waals surface area contributed by atoms with Gasteiger partial charge in [0.15, 0.2) is 0 Å². The first-order valence-electron chi connectivity index (χ1n) is 6.81. The quantitative estimate of drug-likeness (QED) is 0.798. The molecule has 1 fully saturated rings. The zero-order chi connectivity index (χ0) is 12.7. The molecule has 18 heavy (non-hydrogen) atoms. The highest BCUT2D eigenvalue weighted by atomic mass is 16.5. The van der Waals surface area contributed by atoms with Crippen molar-refractivity contribution in [2.24, 2.45) is 11.8 Å². The monoisotopic (exact) mass is 243 g/mol. The third-order valence-corrected chi connectivity index (χ3v) is 4.69. The smallest absolute Gasteiger partial charge is 0.120 e. The van der Waals surface area contributed by atoms with Gasteiger partial charge in [-0.15, -0.1) is 6.58 Å². The first-order chi connectivity index (χ1) is 8.74. The van der Waals surface area contributed by atoms with E-state index in [9.17, 15) is 0 Å². The van der Waals surface area contributed by atoms with Crippen molar-refractivity contribution < 1.29 is 4.74 Å². The number of fused-ring (bicyclic) bond motifs is 2.